The molecule has 3 rings (SSSR count). The maximum Gasteiger partial charge on any atom is 0.267 e. The normalized spacial score (nSPS) is 10.6. The minimum Gasteiger partial charge on any atom is -0.368 e. The molecule has 0 radical (unpaired) electrons. The largest absolute Gasteiger partial charge is 0.368 e. The summed E-state index contributed by atoms with van der Waals surface area (Å²) < 4.78 is 5.51. The molecule has 0 unspecified atom stereocenters. The van der Waals surface area contributed by atoms with Gasteiger partial charge in [0.15, 0.2) is 0 Å². The van der Waals surface area contributed by atoms with Gasteiger partial charge in [-0.25, -0.2) is 4.98 Å². The number of carbonyl (C=O) groups is 2. The fourth-order valence-corrected chi connectivity index (χ4v) is 3.28. The van der Waals surface area contributed by atoms with Crippen LogP contribution in [0, 0.1) is 0 Å². The molecule has 0 bridgehead atoms. The number of fused-ring (bicyclic) bond motifs is 1. The third kappa shape index (κ3) is 3.58. The van der Waals surface area contributed by atoms with E-state index in [4.69, 9.17) is 5.73 Å². The first-order valence-corrected chi connectivity index (χ1v) is 8.46. The van der Waals surface area contributed by atoms with Gasteiger partial charge in [-0.2, -0.15) is 4.37 Å². The van der Waals surface area contributed by atoms with Crippen molar-refractivity contribution in [2.75, 3.05) is 18.9 Å². The number of nitrogens with two attached hydrogens (primary N) is 1. The van der Waals surface area contributed by atoms with E-state index in [0.717, 1.165) is 15.9 Å². The highest BCUT2D eigenvalue weighted by molar-refractivity contribution is 7.13. The fraction of sp³-hybridized carbons (Fsp3) is 0.176. The Hall–Kier alpha value is -3.00. The van der Waals surface area contributed by atoms with Crippen molar-refractivity contribution in [2.45, 2.75) is 6.42 Å². The van der Waals surface area contributed by atoms with E-state index < -0.39 is 5.91 Å². The summed E-state index contributed by atoms with van der Waals surface area (Å²) in [6.45, 7) is 0.535. The van der Waals surface area contributed by atoms with E-state index in [1.165, 1.54) is 17.7 Å². The lowest BCUT2D eigenvalue weighted by Gasteiger charge is -2.09. The van der Waals surface area contributed by atoms with E-state index in [2.05, 4.69) is 20.0 Å². The molecule has 0 spiro atoms. The molecular formula is C17H17N5O2S. The lowest BCUT2D eigenvalue weighted by molar-refractivity contribution is 0.0957. The van der Waals surface area contributed by atoms with Crippen molar-refractivity contribution in [3.05, 3.63) is 53.3 Å². The number of amides is 2. The zero-order valence-electron chi connectivity index (χ0n) is 13.6. The fourth-order valence-electron chi connectivity index (χ4n) is 2.52. The molecule has 0 saturated carbocycles. The van der Waals surface area contributed by atoms with E-state index in [-0.39, 0.29) is 11.6 Å². The summed E-state index contributed by atoms with van der Waals surface area (Å²) in [5, 5.41) is 6.86. The number of nitrogens with zero attached hydrogens (tertiary/aromatic N) is 2. The Labute approximate surface area is 148 Å². The Balaban J connectivity index is 1.77. The Kier molecular flexibility index (Phi) is 4.90. The Morgan fingerprint density at radius 1 is 1.28 bits per heavy atom. The predicted octanol–water partition coefficient (Wildman–Crippen LogP) is 1.80. The quantitative estimate of drug-likeness (QED) is 0.624. The number of hydrogen-bond acceptors (Lipinski definition) is 6. The van der Waals surface area contributed by atoms with Crippen molar-refractivity contribution >= 4 is 39.3 Å². The molecule has 3 aromatic rings. The molecule has 0 saturated heterocycles. The molecule has 0 aliphatic heterocycles. The van der Waals surface area contributed by atoms with Crippen molar-refractivity contribution in [3.63, 3.8) is 0 Å². The van der Waals surface area contributed by atoms with Crippen LogP contribution >= 0.6 is 11.5 Å². The second-order valence-electron chi connectivity index (χ2n) is 5.38. The summed E-state index contributed by atoms with van der Waals surface area (Å²) in [5.41, 5.74) is 6.58. The van der Waals surface area contributed by atoms with Gasteiger partial charge >= 0.3 is 0 Å². The van der Waals surface area contributed by atoms with Crippen LogP contribution in [0.3, 0.4) is 0 Å². The molecule has 0 aliphatic carbocycles. The van der Waals surface area contributed by atoms with Crippen molar-refractivity contribution in [1.82, 2.24) is 14.7 Å². The van der Waals surface area contributed by atoms with Gasteiger partial charge in [0.05, 0.1) is 10.3 Å². The highest BCUT2D eigenvalue weighted by Crippen LogP contribution is 2.26. The third-order valence-corrected chi connectivity index (χ3v) is 4.58. The molecule has 4 N–H and O–H groups in total. The molecule has 0 fully saturated rings. The number of primary amides is 1. The minimum absolute atomic E-state index is 0.178. The maximum absolute atomic E-state index is 11.8. The molecule has 1 aromatic carbocycles. The number of anilines is 1. The number of benzene rings is 1. The number of pyridine rings is 1. The third-order valence-electron chi connectivity index (χ3n) is 3.75. The molecule has 2 heterocycles. The van der Waals surface area contributed by atoms with Crippen LogP contribution in [0.1, 0.15) is 26.4 Å². The van der Waals surface area contributed by atoms with Crippen LogP contribution in [-0.4, -0.2) is 34.8 Å². The molecule has 2 amide bonds. The average molecular weight is 355 g/mol. The van der Waals surface area contributed by atoms with Gasteiger partial charge in [-0.15, -0.1) is 0 Å². The van der Waals surface area contributed by atoms with Gasteiger partial charge < -0.3 is 16.4 Å². The summed E-state index contributed by atoms with van der Waals surface area (Å²) in [7, 11) is 1.54. The van der Waals surface area contributed by atoms with Gasteiger partial charge in [-0.1, -0.05) is 12.1 Å². The van der Waals surface area contributed by atoms with Crippen molar-refractivity contribution < 1.29 is 9.59 Å². The Morgan fingerprint density at radius 2 is 2.08 bits per heavy atom. The van der Waals surface area contributed by atoms with E-state index in [1.807, 2.05) is 24.3 Å². The van der Waals surface area contributed by atoms with E-state index in [0.29, 0.717) is 24.1 Å². The molecule has 128 valence electrons. The zero-order valence-corrected chi connectivity index (χ0v) is 14.4. The van der Waals surface area contributed by atoms with Crippen molar-refractivity contribution in [1.29, 1.82) is 0 Å². The van der Waals surface area contributed by atoms with Gasteiger partial charge in [0.2, 0.25) is 0 Å². The lowest BCUT2D eigenvalue weighted by Crippen LogP contribution is -2.22. The first-order chi connectivity index (χ1) is 12.1. The molecule has 7 nitrogen and oxygen atoms in total. The van der Waals surface area contributed by atoms with Crippen LogP contribution in [0.4, 0.5) is 5.82 Å². The van der Waals surface area contributed by atoms with Gasteiger partial charge in [0, 0.05) is 25.2 Å². The summed E-state index contributed by atoms with van der Waals surface area (Å²) in [4.78, 5) is 27.4. The number of rotatable bonds is 6. The minimum atomic E-state index is -0.613. The smallest absolute Gasteiger partial charge is 0.267 e. The highest BCUT2D eigenvalue weighted by Gasteiger charge is 2.14. The van der Waals surface area contributed by atoms with Crippen LogP contribution in [0.2, 0.25) is 0 Å². The van der Waals surface area contributed by atoms with Crippen LogP contribution < -0.4 is 16.4 Å². The molecular weight excluding hydrogens is 338 g/mol. The number of aromatic nitrogens is 2. The van der Waals surface area contributed by atoms with Crippen LogP contribution in [0.25, 0.3) is 10.1 Å². The zero-order chi connectivity index (χ0) is 17.8. The van der Waals surface area contributed by atoms with Crippen LogP contribution in [-0.2, 0) is 6.42 Å². The average Bonchev–Trinajstić information content (AvgIpc) is 3.04. The van der Waals surface area contributed by atoms with Crippen molar-refractivity contribution in [2.24, 2.45) is 5.73 Å². The maximum atomic E-state index is 11.8. The van der Waals surface area contributed by atoms with Crippen molar-refractivity contribution in [3.8, 4) is 0 Å². The number of carbonyl (C=O) groups excluding carboxylic acids is 2. The lowest BCUT2D eigenvalue weighted by atomic mass is 10.1. The first kappa shape index (κ1) is 16.8. The molecule has 25 heavy (non-hydrogen) atoms. The number of hydrogen-bond donors (Lipinski definition) is 3. The summed E-state index contributed by atoms with van der Waals surface area (Å²) >= 11 is 1.43. The summed E-state index contributed by atoms with van der Waals surface area (Å²) in [6.07, 6.45) is 1.84. The standard InChI is InChI=1S/C17H17N5O2S/c1-19-17(24)11-8-10(14(15(18)23)21-9-11)6-7-20-16-12-4-2-3-5-13(12)25-22-16/h2-5,8-9H,6-7H2,1H3,(H2,18,23)(H,19,24)(H,20,22). The van der Waals surface area contributed by atoms with Crippen LogP contribution in [0.5, 0.6) is 0 Å². The van der Waals surface area contributed by atoms with Gasteiger partial charge in [0.25, 0.3) is 11.8 Å². The molecule has 2 aromatic heterocycles. The first-order valence-electron chi connectivity index (χ1n) is 7.69. The molecule has 0 atom stereocenters. The monoisotopic (exact) mass is 355 g/mol. The van der Waals surface area contributed by atoms with Gasteiger partial charge in [0.1, 0.15) is 11.5 Å². The summed E-state index contributed by atoms with van der Waals surface area (Å²) in [5.74, 6) is -0.0718. The second-order valence-corrected chi connectivity index (χ2v) is 6.18. The van der Waals surface area contributed by atoms with E-state index in [9.17, 15) is 9.59 Å². The number of nitrogens with one attached hydrogen (secondary N) is 2. The van der Waals surface area contributed by atoms with E-state index in [1.54, 1.807) is 13.1 Å². The predicted molar refractivity (Wildman–Crippen MR) is 98.0 cm³/mol. The van der Waals surface area contributed by atoms with Crippen LogP contribution in [0.15, 0.2) is 36.5 Å². The topological polar surface area (TPSA) is 110 Å². The Bertz CT molecular complexity index is 938. The van der Waals surface area contributed by atoms with Gasteiger partial charge in [-0.3, -0.25) is 9.59 Å². The highest BCUT2D eigenvalue weighted by atomic mass is 32.1. The van der Waals surface area contributed by atoms with E-state index >= 15 is 0 Å². The molecule has 8 heteroatoms. The van der Waals surface area contributed by atoms with Gasteiger partial charge in [-0.05, 0) is 41.7 Å². The Morgan fingerprint density at radius 3 is 2.84 bits per heavy atom. The molecule has 0 aliphatic rings. The second kappa shape index (κ2) is 7.27. The summed E-state index contributed by atoms with van der Waals surface area (Å²) in [6, 6.07) is 9.60. The SMILES string of the molecule is CNC(=O)c1cnc(C(N)=O)c(CCNc2nsc3ccccc23)c1.